The number of anilines is 1. The predicted molar refractivity (Wildman–Crippen MR) is 80.4 cm³/mol. The number of rotatable bonds is 3. The molecule has 1 unspecified atom stereocenters. The van der Waals surface area contributed by atoms with E-state index in [-0.39, 0.29) is 12.4 Å². The quantitative estimate of drug-likeness (QED) is 0.754. The third-order valence-corrected chi connectivity index (χ3v) is 4.98. The first-order chi connectivity index (χ1) is 10.3. The van der Waals surface area contributed by atoms with E-state index in [2.05, 4.69) is 21.1 Å². The minimum absolute atomic E-state index is 0.103. The maximum atomic E-state index is 13.0. The molecule has 1 aliphatic rings. The van der Waals surface area contributed by atoms with Crippen LogP contribution < -0.4 is 4.90 Å². The van der Waals surface area contributed by atoms with Gasteiger partial charge in [0.1, 0.15) is 10.9 Å². The molecule has 1 atom stereocenters. The van der Waals surface area contributed by atoms with E-state index in [1.54, 1.807) is 0 Å². The van der Waals surface area contributed by atoms with Crippen LogP contribution in [0.4, 0.5) is 9.77 Å². The van der Waals surface area contributed by atoms with Gasteiger partial charge in [0.15, 0.2) is 0 Å². The number of amides is 1. The third-order valence-electron chi connectivity index (χ3n) is 3.37. The van der Waals surface area contributed by atoms with Crippen molar-refractivity contribution >= 4 is 37.9 Å². The van der Waals surface area contributed by atoms with Crippen LogP contribution in [-0.2, 0) is 15.0 Å². The monoisotopic (exact) mass is 388 g/mol. The van der Waals surface area contributed by atoms with E-state index in [4.69, 9.17) is 4.52 Å². The number of halogens is 2. The van der Waals surface area contributed by atoms with Gasteiger partial charge in [0.25, 0.3) is 0 Å². The number of hydrogen-bond acceptors (Lipinski definition) is 5. The zero-order chi connectivity index (χ0) is 15.9. The third kappa shape index (κ3) is 2.91. The molecule has 22 heavy (non-hydrogen) atoms. The van der Waals surface area contributed by atoms with Gasteiger partial charge in [-0.1, -0.05) is 33.2 Å². The lowest BCUT2D eigenvalue weighted by Crippen LogP contribution is -2.26. The molecule has 2 heterocycles. The highest BCUT2D eigenvalue weighted by atomic mass is 79.9. The smallest absolute Gasteiger partial charge is 0.307 e. The van der Waals surface area contributed by atoms with Crippen molar-refractivity contribution in [3.05, 3.63) is 34.8 Å². The normalized spacial score (nSPS) is 18.9. The molecule has 0 bridgehead atoms. The van der Waals surface area contributed by atoms with Gasteiger partial charge in [0.2, 0.25) is 11.8 Å². The molecule has 1 amide bonds. The van der Waals surface area contributed by atoms with Crippen LogP contribution in [0.5, 0.6) is 0 Å². The first kappa shape index (κ1) is 15.2. The van der Waals surface area contributed by atoms with Gasteiger partial charge < -0.3 is 4.52 Å². The summed E-state index contributed by atoms with van der Waals surface area (Å²) in [7, 11) is -4.76. The van der Waals surface area contributed by atoms with Crippen molar-refractivity contribution in [2.75, 3.05) is 11.4 Å². The van der Waals surface area contributed by atoms with Gasteiger partial charge in [0, 0.05) is 29.1 Å². The van der Waals surface area contributed by atoms with Gasteiger partial charge >= 0.3 is 10.2 Å². The zero-order valence-electron chi connectivity index (χ0n) is 11.1. The molecule has 116 valence electrons. The van der Waals surface area contributed by atoms with Crippen molar-refractivity contribution in [1.29, 1.82) is 0 Å². The van der Waals surface area contributed by atoms with E-state index in [1.807, 2.05) is 24.3 Å². The molecule has 0 N–H and O–H groups in total. The highest BCUT2D eigenvalue weighted by Gasteiger charge is 2.40. The van der Waals surface area contributed by atoms with Crippen LogP contribution in [0.2, 0.25) is 0 Å². The van der Waals surface area contributed by atoms with Crippen molar-refractivity contribution in [2.24, 2.45) is 0 Å². The highest BCUT2D eigenvalue weighted by molar-refractivity contribution is 9.10. The molecular formula is C13H10BrFN2O4S. The molecule has 3 rings (SSSR count). The minimum atomic E-state index is -4.76. The molecule has 6 nitrogen and oxygen atoms in total. The second-order valence-corrected chi connectivity index (χ2v) is 7.40. The van der Waals surface area contributed by atoms with Crippen molar-refractivity contribution in [1.82, 2.24) is 5.16 Å². The van der Waals surface area contributed by atoms with Crippen LogP contribution in [0.1, 0.15) is 6.42 Å². The Hall–Kier alpha value is -1.74. The molecule has 1 aliphatic heterocycles. The maximum Gasteiger partial charge on any atom is 0.307 e. The summed E-state index contributed by atoms with van der Waals surface area (Å²) in [5, 5.41) is 2.50. The van der Waals surface area contributed by atoms with Crippen molar-refractivity contribution in [3.63, 3.8) is 0 Å². The second kappa shape index (κ2) is 5.47. The molecule has 0 aliphatic carbocycles. The first-order valence-electron chi connectivity index (χ1n) is 6.31. The first-order valence-corrected chi connectivity index (χ1v) is 8.55. The maximum absolute atomic E-state index is 13.0. The predicted octanol–water partition coefficient (Wildman–Crippen LogP) is 2.51. The Balaban J connectivity index is 1.87. The Morgan fingerprint density at radius 2 is 2.14 bits per heavy atom. The van der Waals surface area contributed by atoms with Gasteiger partial charge in [-0.05, 0) is 12.1 Å². The number of nitrogens with zero attached hydrogens (tertiary/aromatic N) is 2. The zero-order valence-corrected chi connectivity index (χ0v) is 13.5. The topological polar surface area (TPSA) is 80.5 Å². The summed E-state index contributed by atoms with van der Waals surface area (Å²) in [6, 6.07) is 8.83. The summed E-state index contributed by atoms with van der Waals surface area (Å²) in [5.74, 6) is -0.408. The van der Waals surface area contributed by atoms with Gasteiger partial charge in [-0.25, -0.2) is 0 Å². The van der Waals surface area contributed by atoms with Gasteiger partial charge in [-0.3, -0.25) is 9.69 Å². The Bertz CT molecular complexity index is 836. The van der Waals surface area contributed by atoms with E-state index >= 15 is 0 Å². The molecule has 0 spiro atoms. The number of benzene rings is 1. The van der Waals surface area contributed by atoms with E-state index in [9.17, 15) is 17.1 Å². The number of hydrogen-bond donors (Lipinski definition) is 0. The number of carbonyl (C=O) groups excluding carboxylic acids is 1. The molecule has 0 saturated carbocycles. The van der Waals surface area contributed by atoms with Gasteiger partial charge in [0.05, 0.1) is 0 Å². The van der Waals surface area contributed by atoms with E-state index in [1.165, 1.54) is 6.07 Å². The van der Waals surface area contributed by atoms with Crippen LogP contribution in [0, 0.1) is 0 Å². The molecule has 1 saturated heterocycles. The van der Waals surface area contributed by atoms with Gasteiger partial charge in [-0.2, -0.15) is 8.42 Å². The van der Waals surface area contributed by atoms with Crippen molar-refractivity contribution in [2.45, 2.75) is 11.7 Å². The standard InChI is InChI=1S/C13H10BrFN2O4S/c14-9-3-1-2-8(4-9)11-6-13(21-16-11)17-7-10(5-12(17)18)22(15,19)20/h1-4,6,10H,5,7H2. The average molecular weight is 389 g/mol. The fraction of sp³-hybridized carbons (Fsp3) is 0.231. The largest absolute Gasteiger partial charge is 0.338 e. The lowest BCUT2D eigenvalue weighted by atomic mass is 10.1. The van der Waals surface area contributed by atoms with Crippen molar-refractivity contribution in [3.8, 4) is 11.3 Å². The molecule has 1 aromatic heterocycles. The summed E-state index contributed by atoms with van der Waals surface area (Å²) >= 11 is 3.34. The van der Waals surface area contributed by atoms with Crippen LogP contribution in [-0.4, -0.2) is 31.3 Å². The molecule has 1 fully saturated rings. The lowest BCUT2D eigenvalue weighted by Gasteiger charge is -2.10. The van der Waals surface area contributed by atoms with Crippen LogP contribution >= 0.6 is 15.9 Å². The molecule has 1 aromatic carbocycles. The Morgan fingerprint density at radius 3 is 2.77 bits per heavy atom. The molecule has 0 radical (unpaired) electrons. The van der Waals surface area contributed by atoms with Crippen LogP contribution in [0.25, 0.3) is 11.3 Å². The summed E-state index contributed by atoms with van der Waals surface area (Å²) in [5.41, 5.74) is 1.27. The van der Waals surface area contributed by atoms with E-state index in [0.29, 0.717) is 5.69 Å². The van der Waals surface area contributed by atoms with Crippen LogP contribution in [0.3, 0.4) is 0 Å². The summed E-state index contributed by atoms with van der Waals surface area (Å²) in [6.07, 6.45) is -0.397. The Morgan fingerprint density at radius 1 is 1.36 bits per heavy atom. The van der Waals surface area contributed by atoms with Crippen molar-refractivity contribution < 1.29 is 21.6 Å². The van der Waals surface area contributed by atoms with Crippen LogP contribution in [0.15, 0.2) is 39.3 Å². The summed E-state index contributed by atoms with van der Waals surface area (Å²) in [6.45, 7) is -0.273. The lowest BCUT2D eigenvalue weighted by molar-refractivity contribution is -0.117. The molecule has 2 aromatic rings. The molecule has 9 heteroatoms. The average Bonchev–Trinajstić information content (AvgIpc) is 3.04. The fourth-order valence-corrected chi connectivity index (χ4v) is 3.32. The number of carbonyl (C=O) groups is 1. The van der Waals surface area contributed by atoms with E-state index < -0.39 is 27.8 Å². The minimum Gasteiger partial charge on any atom is -0.338 e. The number of aromatic nitrogens is 1. The Labute approximate surface area is 134 Å². The molecular weight excluding hydrogens is 379 g/mol. The fourth-order valence-electron chi connectivity index (χ4n) is 2.25. The Kier molecular flexibility index (Phi) is 3.77. The van der Waals surface area contributed by atoms with E-state index in [0.717, 1.165) is 14.9 Å². The van der Waals surface area contributed by atoms with Gasteiger partial charge in [-0.15, -0.1) is 3.89 Å². The highest BCUT2D eigenvalue weighted by Crippen LogP contribution is 2.30. The summed E-state index contributed by atoms with van der Waals surface area (Å²) in [4.78, 5) is 12.9. The summed E-state index contributed by atoms with van der Waals surface area (Å²) < 4.78 is 40.8. The SMILES string of the molecule is O=C1CC(S(=O)(=O)F)CN1c1cc(-c2cccc(Br)c2)no1. The second-order valence-electron chi connectivity index (χ2n) is 4.87.